The van der Waals surface area contributed by atoms with Crippen LogP contribution in [0.5, 0.6) is 5.88 Å². The molecule has 0 aliphatic rings. The summed E-state index contributed by atoms with van der Waals surface area (Å²) in [6.07, 6.45) is 3.52. The number of methoxy groups -OCH3 is 1. The molecule has 0 aliphatic heterocycles. The fraction of sp³-hybridized carbons (Fsp3) is 0.286. The summed E-state index contributed by atoms with van der Waals surface area (Å²) in [7, 11) is 5.59. The van der Waals surface area contributed by atoms with Crippen LogP contribution in [0.4, 0.5) is 11.4 Å². The minimum Gasteiger partial charge on any atom is -0.479 e. The number of nitrogens with one attached hydrogen (secondary N) is 1. The van der Waals surface area contributed by atoms with Crippen molar-refractivity contribution in [1.82, 2.24) is 9.97 Å². The highest BCUT2D eigenvalue weighted by Gasteiger charge is 2.11. The molecule has 19 heavy (non-hydrogen) atoms. The van der Waals surface area contributed by atoms with E-state index >= 15 is 0 Å². The number of pyridine rings is 2. The Hall–Kier alpha value is -2.30. The van der Waals surface area contributed by atoms with Gasteiger partial charge in [0.1, 0.15) is 5.69 Å². The van der Waals surface area contributed by atoms with Crippen LogP contribution in [0, 0.1) is 0 Å². The van der Waals surface area contributed by atoms with Crippen LogP contribution in [0.15, 0.2) is 36.7 Å². The molecule has 0 unspecified atom stereocenters. The summed E-state index contributed by atoms with van der Waals surface area (Å²) >= 11 is 0. The maximum absolute atomic E-state index is 5.30. The zero-order chi connectivity index (χ0) is 13.7. The fourth-order valence-corrected chi connectivity index (χ4v) is 1.81. The van der Waals surface area contributed by atoms with Crippen molar-refractivity contribution in [3.05, 3.63) is 42.4 Å². The van der Waals surface area contributed by atoms with E-state index in [4.69, 9.17) is 4.74 Å². The van der Waals surface area contributed by atoms with Crippen LogP contribution < -0.4 is 15.0 Å². The lowest BCUT2D eigenvalue weighted by molar-refractivity contribution is 0.400. The molecule has 0 spiro atoms. The topological polar surface area (TPSA) is 50.3 Å². The van der Waals surface area contributed by atoms with E-state index in [1.54, 1.807) is 19.5 Å². The van der Waals surface area contributed by atoms with E-state index in [0.717, 1.165) is 17.1 Å². The van der Waals surface area contributed by atoms with Crippen molar-refractivity contribution < 1.29 is 4.74 Å². The van der Waals surface area contributed by atoms with Gasteiger partial charge in [-0.05, 0) is 18.2 Å². The van der Waals surface area contributed by atoms with Crippen molar-refractivity contribution in [2.75, 3.05) is 31.4 Å². The minimum atomic E-state index is 0.585. The van der Waals surface area contributed by atoms with Crippen molar-refractivity contribution in [1.29, 1.82) is 0 Å². The van der Waals surface area contributed by atoms with Crippen LogP contribution in [-0.4, -0.2) is 31.2 Å². The summed E-state index contributed by atoms with van der Waals surface area (Å²) in [5.41, 5.74) is 2.88. The van der Waals surface area contributed by atoms with Gasteiger partial charge in [0.15, 0.2) is 0 Å². The minimum absolute atomic E-state index is 0.585. The second kappa shape index (κ2) is 6.04. The van der Waals surface area contributed by atoms with E-state index in [-0.39, 0.29) is 0 Å². The molecule has 2 aromatic rings. The summed E-state index contributed by atoms with van der Waals surface area (Å²) in [6.45, 7) is 0.629. The molecule has 2 aromatic heterocycles. The summed E-state index contributed by atoms with van der Waals surface area (Å²) < 4.78 is 5.30. The lowest BCUT2D eigenvalue weighted by atomic mass is 10.3. The third-order valence-corrected chi connectivity index (χ3v) is 2.74. The van der Waals surface area contributed by atoms with E-state index in [2.05, 4.69) is 15.3 Å². The van der Waals surface area contributed by atoms with Gasteiger partial charge in [-0.2, -0.15) is 0 Å². The number of hydrogen-bond acceptors (Lipinski definition) is 5. The van der Waals surface area contributed by atoms with E-state index in [9.17, 15) is 0 Å². The van der Waals surface area contributed by atoms with E-state index in [0.29, 0.717) is 12.4 Å². The zero-order valence-corrected chi connectivity index (χ0v) is 11.4. The monoisotopic (exact) mass is 258 g/mol. The van der Waals surface area contributed by atoms with Crippen LogP contribution in [0.1, 0.15) is 5.69 Å². The SMILES string of the molecule is COc1nccc(N(C)C)c1NCc1ccccn1. The Labute approximate surface area is 113 Å². The first-order chi connectivity index (χ1) is 9.22. The van der Waals surface area contributed by atoms with Crippen molar-refractivity contribution in [2.45, 2.75) is 6.54 Å². The third kappa shape index (κ3) is 3.13. The van der Waals surface area contributed by atoms with Crippen molar-refractivity contribution >= 4 is 11.4 Å². The lowest BCUT2D eigenvalue weighted by Crippen LogP contribution is -2.13. The molecule has 2 heterocycles. The van der Waals surface area contributed by atoms with Gasteiger partial charge in [0.25, 0.3) is 0 Å². The van der Waals surface area contributed by atoms with Gasteiger partial charge in [-0.3, -0.25) is 4.98 Å². The number of rotatable bonds is 5. The standard InChI is InChI=1S/C14H18N4O/c1-18(2)12-7-9-16-14(19-3)13(12)17-10-11-6-4-5-8-15-11/h4-9,17H,10H2,1-3H3. The first-order valence-corrected chi connectivity index (χ1v) is 6.06. The molecule has 0 bridgehead atoms. The van der Waals surface area contributed by atoms with Crippen molar-refractivity contribution in [3.63, 3.8) is 0 Å². The Morgan fingerprint density at radius 3 is 2.63 bits per heavy atom. The maximum atomic E-state index is 5.30. The highest BCUT2D eigenvalue weighted by atomic mass is 16.5. The average Bonchev–Trinajstić information content (AvgIpc) is 2.45. The molecule has 0 aliphatic carbocycles. The first-order valence-electron chi connectivity index (χ1n) is 6.06. The Balaban J connectivity index is 2.23. The summed E-state index contributed by atoms with van der Waals surface area (Å²) in [6, 6.07) is 7.80. The predicted molar refractivity (Wildman–Crippen MR) is 76.7 cm³/mol. The second-order valence-corrected chi connectivity index (χ2v) is 4.28. The predicted octanol–water partition coefficient (Wildman–Crippen LogP) is 2.16. The van der Waals surface area contributed by atoms with Crippen LogP contribution in [0.25, 0.3) is 0 Å². The molecule has 5 heteroatoms. The molecule has 1 N–H and O–H groups in total. The lowest BCUT2D eigenvalue weighted by Gasteiger charge is -2.19. The Morgan fingerprint density at radius 2 is 2.00 bits per heavy atom. The molecule has 2 rings (SSSR count). The van der Waals surface area contributed by atoms with E-state index < -0.39 is 0 Å². The molecular weight excluding hydrogens is 240 g/mol. The Bertz CT molecular complexity index is 528. The highest BCUT2D eigenvalue weighted by Crippen LogP contribution is 2.32. The summed E-state index contributed by atoms with van der Waals surface area (Å²) in [5, 5.41) is 3.34. The van der Waals surface area contributed by atoms with Gasteiger partial charge in [-0.25, -0.2) is 4.98 Å². The summed E-state index contributed by atoms with van der Waals surface area (Å²) in [5.74, 6) is 0.585. The second-order valence-electron chi connectivity index (χ2n) is 4.28. The summed E-state index contributed by atoms with van der Waals surface area (Å²) in [4.78, 5) is 10.5. The van der Waals surface area contributed by atoms with Crippen LogP contribution in [0.2, 0.25) is 0 Å². The van der Waals surface area contributed by atoms with Crippen molar-refractivity contribution in [3.8, 4) is 5.88 Å². The van der Waals surface area contributed by atoms with Gasteiger partial charge < -0.3 is 15.0 Å². The fourth-order valence-electron chi connectivity index (χ4n) is 1.81. The average molecular weight is 258 g/mol. The van der Waals surface area contributed by atoms with Crippen molar-refractivity contribution in [2.24, 2.45) is 0 Å². The number of ether oxygens (including phenoxy) is 1. The molecule has 0 saturated carbocycles. The third-order valence-electron chi connectivity index (χ3n) is 2.74. The molecule has 0 atom stereocenters. The van der Waals surface area contributed by atoms with E-state index in [1.807, 2.05) is 43.3 Å². The first kappa shape index (κ1) is 13.1. The van der Waals surface area contributed by atoms with Crippen LogP contribution in [0.3, 0.4) is 0 Å². The molecule has 0 fully saturated rings. The molecule has 0 amide bonds. The smallest absolute Gasteiger partial charge is 0.239 e. The maximum Gasteiger partial charge on any atom is 0.239 e. The molecule has 0 saturated heterocycles. The largest absolute Gasteiger partial charge is 0.479 e. The highest BCUT2D eigenvalue weighted by molar-refractivity contribution is 5.74. The van der Waals surface area contributed by atoms with E-state index in [1.165, 1.54) is 0 Å². The van der Waals surface area contributed by atoms with Gasteiger partial charge in [0.05, 0.1) is 25.0 Å². The van der Waals surface area contributed by atoms with Gasteiger partial charge >= 0.3 is 0 Å². The van der Waals surface area contributed by atoms with Gasteiger partial charge in [0.2, 0.25) is 5.88 Å². The van der Waals surface area contributed by atoms with Gasteiger partial charge in [0, 0.05) is 26.5 Å². The van der Waals surface area contributed by atoms with Gasteiger partial charge in [-0.15, -0.1) is 0 Å². The number of nitrogens with zero attached hydrogens (tertiary/aromatic N) is 3. The molecule has 5 nitrogen and oxygen atoms in total. The zero-order valence-electron chi connectivity index (χ0n) is 11.4. The number of aromatic nitrogens is 2. The Morgan fingerprint density at radius 1 is 1.16 bits per heavy atom. The quantitative estimate of drug-likeness (QED) is 0.890. The normalized spacial score (nSPS) is 10.1. The Kier molecular flexibility index (Phi) is 4.18. The molecular formula is C14H18N4O. The molecule has 100 valence electrons. The molecule has 0 aromatic carbocycles. The molecule has 0 radical (unpaired) electrons. The van der Waals surface area contributed by atoms with Crippen LogP contribution in [-0.2, 0) is 6.54 Å². The number of hydrogen-bond donors (Lipinski definition) is 1. The number of anilines is 2. The van der Waals surface area contributed by atoms with Crippen LogP contribution >= 0.6 is 0 Å². The van der Waals surface area contributed by atoms with Gasteiger partial charge in [-0.1, -0.05) is 6.07 Å².